The van der Waals surface area contributed by atoms with Crippen LogP contribution in [-0.4, -0.2) is 74.2 Å². The molecule has 0 bridgehead atoms. The zero-order valence-corrected chi connectivity index (χ0v) is 25.1. The first kappa shape index (κ1) is 29.4. The van der Waals surface area contributed by atoms with Gasteiger partial charge in [-0.2, -0.15) is 0 Å². The van der Waals surface area contributed by atoms with E-state index < -0.39 is 23.3 Å². The fourth-order valence-corrected chi connectivity index (χ4v) is 7.89. The molecule has 9 heteroatoms. The van der Waals surface area contributed by atoms with Gasteiger partial charge in [0.2, 0.25) is 6.79 Å². The van der Waals surface area contributed by atoms with Crippen LogP contribution in [0.4, 0.5) is 0 Å². The number of carbonyl (C=O) groups excluding carboxylic acids is 2. The van der Waals surface area contributed by atoms with Gasteiger partial charge in [-0.05, 0) is 94.7 Å². The van der Waals surface area contributed by atoms with E-state index in [0.29, 0.717) is 18.6 Å². The SMILES string of the molecule is CC1=C[C@@]23CCCN2CCc2cc4c(cc2[C@@H]3C1OC(=O)[C@@](O)(CCCC(C)(C)O)CC(=O)SC(C)C)OCO4. The molecule has 5 rings (SSSR count). The third kappa shape index (κ3) is 5.67. The van der Waals surface area contributed by atoms with Gasteiger partial charge in [-0.3, -0.25) is 9.69 Å². The number of benzene rings is 1. The van der Waals surface area contributed by atoms with Gasteiger partial charge in [0.05, 0.1) is 17.6 Å². The number of fused-ring (bicyclic) bond motifs is 3. The van der Waals surface area contributed by atoms with E-state index in [1.165, 1.54) is 0 Å². The van der Waals surface area contributed by atoms with Crippen LogP contribution in [0.25, 0.3) is 0 Å². The minimum Gasteiger partial charge on any atom is -0.455 e. The van der Waals surface area contributed by atoms with Crippen LogP contribution in [0.2, 0.25) is 0 Å². The van der Waals surface area contributed by atoms with Crippen molar-refractivity contribution in [3.05, 3.63) is 34.9 Å². The molecule has 0 radical (unpaired) electrons. The highest BCUT2D eigenvalue weighted by molar-refractivity contribution is 8.14. The molecule has 1 aliphatic carbocycles. The molecule has 8 nitrogen and oxygen atoms in total. The summed E-state index contributed by atoms with van der Waals surface area (Å²) in [5.41, 5.74) is 0.0138. The standard InChI is InChI=1S/C31H43NO7S/c1-19(2)40-25(33)17-31(36,11-6-9-29(4,5)35)28(34)39-27-20(3)16-30-10-7-12-32(30)13-8-21-14-23-24(38-18-37-23)15-22(21)26(27)30/h14-16,19,26-27,35-36H,6-13,17-18H2,1-5H3/t26-,27?,30-,31-/m1/s1. The molecule has 0 aromatic heterocycles. The Kier molecular flexibility index (Phi) is 8.07. The smallest absolute Gasteiger partial charge is 0.339 e. The van der Waals surface area contributed by atoms with E-state index in [9.17, 15) is 19.8 Å². The number of nitrogens with zero attached hydrogens (tertiary/aromatic N) is 1. The normalized spacial score (nSPS) is 26.9. The van der Waals surface area contributed by atoms with Crippen LogP contribution in [-0.2, 0) is 20.7 Å². The summed E-state index contributed by atoms with van der Waals surface area (Å²) in [4.78, 5) is 29.3. The number of hydrogen-bond acceptors (Lipinski definition) is 9. The maximum absolute atomic E-state index is 13.9. The number of rotatable bonds is 9. The summed E-state index contributed by atoms with van der Waals surface area (Å²) in [6.45, 7) is 11.3. The van der Waals surface area contributed by atoms with E-state index >= 15 is 0 Å². The maximum Gasteiger partial charge on any atom is 0.339 e. The lowest BCUT2D eigenvalue weighted by atomic mass is 9.77. The number of hydrogen-bond donors (Lipinski definition) is 2. The molecule has 0 saturated carbocycles. The van der Waals surface area contributed by atoms with Gasteiger partial charge in [0, 0.05) is 17.7 Å². The third-order valence-corrected chi connectivity index (χ3v) is 9.66. The molecule has 1 saturated heterocycles. The van der Waals surface area contributed by atoms with Crippen LogP contribution >= 0.6 is 11.8 Å². The van der Waals surface area contributed by atoms with Gasteiger partial charge in [-0.1, -0.05) is 31.7 Å². The monoisotopic (exact) mass is 573 g/mol. The Hall–Kier alpha value is -2.07. The first-order valence-electron chi connectivity index (χ1n) is 14.5. The Morgan fingerprint density at radius 2 is 1.90 bits per heavy atom. The van der Waals surface area contributed by atoms with Crippen molar-refractivity contribution in [2.45, 2.75) is 114 Å². The number of esters is 1. The van der Waals surface area contributed by atoms with E-state index in [1.807, 2.05) is 20.8 Å². The predicted octanol–water partition coefficient (Wildman–Crippen LogP) is 4.49. The summed E-state index contributed by atoms with van der Waals surface area (Å²) in [7, 11) is 0. The molecule has 1 fully saturated rings. The first-order valence-corrected chi connectivity index (χ1v) is 15.4. The molecule has 1 unspecified atom stereocenters. The average molecular weight is 574 g/mol. The van der Waals surface area contributed by atoms with Gasteiger partial charge in [0.25, 0.3) is 0 Å². The fourth-order valence-electron chi connectivity index (χ4n) is 7.05. The molecule has 220 valence electrons. The lowest BCUT2D eigenvalue weighted by Gasteiger charge is -2.40. The molecule has 2 N–H and O–H groups in total. The largest absolute Gasteiger partial charge is 0.455 e. The van der Waals surface area contributed by atoms with Crippen LogP contribution in [0.15, 0.2) is 23.8 Å². The molecule has 1 spiro atoms. The Balaban J connectivity index is 1.47. The van der Waals surface area contributed by atoms with Gasteiger partial charge >= 0.3 is 5.97 Å². The molecular formula is C31H43NO7S. The van der Waals surface area contributed by atoms with Crippen molar-refractivity contribution in [2.24, 2.45) is 0 Å². The number of ether oxygens (including phenoxy) is 3. The first-order chi connectivity index (χ1) is 18.8. The molecule has 1 aromatic rings. The van der Waals surface area contributed by atoms with E-state index in [2.05, 4.69) is 23.1 Å². The Morgan fingerprint density at radius 3 is 2.60 bits per heavy atom. The second-order valence-corrected chi connectivity index (χ2v) is 14.5. The summed E-state index contributed by atoms with van der Waals surface area (Å²) in [5, 5.41) is 21.7. The quantitative estimate of drug-likeness (QED) is 0.326. The van der Waals surface area contributed by atoms with Crippen LogP contribution in [0, 0.1) is 0 Å². The maximum atomic E-state index is 13.9. The zero-order chi connectivity index (χ0) is 28.9. The lowest BCUT2D eigenvalue weighted by Crippen LogP contribution is -2.49. The molecule has 4 atom stereocenters. The fraction of sp³-hybridized carbons (Fsp3) is 0.677. The molecule has 3 aliphatic heterocycles. The number of aliphatic hydroxyl groups is 2. The van der Waals surface area contributed by atoms with Gasteiger partial charge in [-0.15, -0.1) is 0 Å². The second kappa shape index (κ2) is 11.0. The topological polar surface area (TPSA) is 106 Å². The van der Waals surface area contributed by atoms with Crippen LogP contribution in [0.5, 0.6) is 11.5 Å². The minimum atomic E-state index is -1.97. The molecular weight excluding hydrogens is 530 g/mol. The highest BCUT2D eigenvalue weighted by Crippen LogP contribution is 2.55. The van der Waals surface area contributed by atoms with Crippen LogP contribution < -0.4 is 9.47 Å². The van der Waals surface area contributed by atoms with E-state index in [-0.39, 0.29) is 41.5 Å². The lowest BCUT2D eigenvalue weighted by molar-refractivity contribution is -0.173. The van der Waals surface area contributed by atoms with Gasteiger partial charge in [-0.25, -0.2) is 4.79 Å². The average Bonchev–Trinajstić information content (AvgIpc) is 3.51. The van der Waals surface area contributed by atoms with Crippen molar-refractivity contribution < 1.29 is 34.0 Å². The summed E-state index contributed by atoms with van der Waals surface area (Å²) < 4.78 is 17.7. The molecule has 1 aromatic carbocycles. The Bertz CT molecular complexity index is 1190. The highest BCUT2D eigenvalue weighted by Gasteiger charge is 2.57. The predicted molar refractivity (Wildman–Crippen MR) is 154 cm³/mol. The summed E-state index contributed by atoms with van der Waals surface area (Å²) >= 11 is 1.12. The van der Waals surface area contributed by atoms with Crippen molar-refractivity contribution in [3.8, 4) is 11.5 Å². The van der Waals surface area contributed by atoms with E-state index in [0.717, 1.165) is 66.6 Å². The molecule has 4 aliphatic rings. The Morgan fingerprint density at radius 1 is 1.18 bits per heavy atom. The van der Waals surface area contributed by atoms with Gasteiger partial charge in [0.1, 0.15) is 6.10 Å². The van der Waals surface area contributed by atoms with Crippen LogP contribution in [0.1, 0.15) is 90.2 Å². The van der Waals surface area contributed by atoms with Crippen molar-refractivity contribution in [2.75, 3.05) is 19.9 Å². The Labute approximate surface area is 241 Å². The third-order valence-electron chi connectivity index (χ3n) is 8.78. The van der Waals surface area contributed by atoms with Gasteiger partial charge in [0.15, 0.2) is 22.2 Å². The van der Waals surface area contributed by atoms with Crippen molar-refractivity contribution in [1.82, 2.24) is 4.90 Å². The number of carbonyl (C=O) groups is 2. The van der Waals surface area contributed by atoms with Crippen molar-refractivity contribution in [3.63, 3.8) is 0 Å². The van der Waals surface area contributed by atoms with E-state index in [1.54, 1.807) is 13.8 Å². The molecule has 0 amide bonds. The minimum absolute atomic E-state index is 0.0346. The highest BCUT2D eigenvalue weighted by atomic mass is 32.2. The zero-order valence-electron chi connectivity index (χ0n) is 24.3. The van der Waals surface area contributed by atoms with E-state index in [4.69, 9.17) is 14.2 Å². The summed E-state index contributed by atoms with van der Waals surface area (Å²) in [6.07, 6.45) is 5.03. The number of thioether (sulfide) groups is 1. The summed E-state index contributed by atoms with van der Waals surface area (Å²) in [5.74, 6) is 0.516. The molecule has 3 heterocycles. The van der Waals surface area contributed by atoms with Crippen molar-refractivity contribution in [1.29, 1.82) is 0 Å². The van der Waals surface area contributed by atoms with Gasteiger partial charge < -0.3 is 24.4 Å². The second-order valence-electron chi connectivity index (χ2n) is 12.8. The van der Waals surface area contributed by atoms with Crippen molar-refractivity contribution >= 4 is 22.8 Å². The summed E-state index contributed by atoms with van der Waals surface area (Å²) in [6, 6.07) is 4.12. The molecule has 40 heavy (non-hydrogen) atoms. The van der Waals surface area contributed by atoms with Crippen LogP contribution in [0.3, 0.4) is 0 Å².